The zero-order chi connectivity index (χ0) is 19.4. The number of carboxylic acid groups (broad SMARTS) is 1. The molecule has 0 radical (unpaired) electrons. The number of fused-ring (bicyclic) bond motifs is 1. The molecule has 1 aromatic carbocycles. The minimum atomic E-state index is -0.920. The van der Waals surface area contributed by atoms with Gasteiger partial charge in [0.05, 0.1) is 5.92 Å². The van der Waals surface area contributed by atoms with Gasteiger partial charge in [-0.2, -0.15) is 0 Å². The van der Waals surface area contributed by atoms with Gasteiger partial charge in [0.1, 0.15) is 6.04 Å². The van der Waals surface area contributed by atoms with Crippen molar-refractivity contribution < 1.29 is 29.0 Å². The first-order valence-electron chi connectivity index (χ1n) is 9.22. The van der Waals surface area contributed by atoms with E-state index >= 15 is 0 Å². The fourth-order valence-corrected chi connectivity index (χ4v) is 3.48. The molecule has 27 heavy (non-hydrogen) atoms. The number of nitrogens with zero attached hydrogens (tertiary/aromatic N) is 1. The van der Waals surface area contributed by atoms with E-state index in [1.807, 2.05) is 6.92 Å². The largest absolute Gasteiger partial charge is 0.481 e. The summed E-state index contributed by atoms with van der Waals surface area (Å²) in [5.41, 5.74) is 0.438. The minimum absolute atomic E-state index is 0.0740. The minimum Gasteiger partial charge on any atom is -0.481 e. The number of hydrogen-bond acceptors (Lipinski definition) is 5. The highest BCUT2D eigenvalue weighted by Crippen LogP contribution is 2.33. The maximum Gasteiger partial charge on any atom is 0.308 e. The highest BCUT2D eigenvalue weighted by Gasteiger charge is 2.35. The normalized spacial score (nSPS) is 19.0. The molecule has 2 unspecified atom stereocenters. The summed E-state index contributed by atoms with van der Waals surface area (Å²) >= 11 is 0. The molecule has 2 N–H and O–H groups in total. The average molecular weight is 376 g/mol. The molecular weight excluding hydrogens is 352 g/mol. The van der Waals surface area contributed by atoms with Crippen molar-refractivity contribution in [3.05, 3.63) is 23.8 Å². The van der Waals surface area contributed by atoms with Gasteiger partial charge < -0.3 is 24.8 Å². The zero-order valence-corrected chi connectivity index (χ0v) is 15.3. The maximum absolute atomic E-state index is 12.9. The van der Waals surface area contributed by atoms with E-state index in [1.165, 1.54) is 0 Å². The maximum atomic E-state index is 12.9. The topological polar surface area (TPSA) is 105 Å². The second kappa shape index (κ2) is 8.28. The van der Waals surface area contributed by atoms with Gasteiger partial charge >= 0.3 is 5.97 Å². The van der Waals surface area contributed by atoms with Crippen LogP contribution in [0.15, 0.2) is 18.2 Å². The van der Waals surface area contributed by atoms with Crippen LogP contribution in [-0.4, -0.2) is 53.7 Å². The van der Waals surface area contributed by atoms with E-state index in [0.29, 0.717) is 36.4 Å². The van der Waals surface area contributed by atoms with Gasteiger partial charge in [-0.1, -0.05) is 13.3 Å². The Hall–Kier alpha value is -2.77. The number of carbonyl (C=O) groups excluding carboxylic acids is 2. The molecule has 8 heteroatoms. The highest BCUT2D eigenvalue weighted by atomic mass is 16.7. The standard InChI is InChI=1S/C19H24N2O6/c1-2-4-13(19(24)25)10-20-17(22)14-5-3-8-21(14)18(23)12-6-7-15-16(9-12)27-11-26-15/h6-7,9,13-14H,2-5,8,10-11H2,1H3,(H,20,22)(H,24,25). The third-order valence-electron chi connectivity index (χ3n) is 4.94. The summed E-state index contributed by atoms with van der Waals surface area (Å²) in [6.07, 6.45) is 2.52. The Morgan fingerprint density at radius 3 is 2.81 bits per heavy atom. The molecule has 1 saturated heterocycles. The van der Waals surface area contributed by atoms with E-state index in [1.54, 1.807) is 23.1 Å². The van der Waals surface area contributed by atoms with Crippen molar-refractivity contribution in [3.8, 4) is 11.5 Å². The third kappa shape index (κ3) is 4.15. The lowest BCUT2D eigenvalue weighted by atomic mass is 10.0. The van der Waals surface area contributed by atoms with Crippen LogP contribution in [0.2, 0.25) is 0 Å². The smallest absolute Gasteiger partial charge is 0.308 e. The number of amides is 2. The molecule has 1 aromatic rings. The van der Waals surface area contributed by atoms with Crippen LogP contribution in [0.5, 0.6) is 11.5 Å². The molecule has 1 fully saturated rings. The Morgan fingerprint density at radius 1 is 1.30 bits per heavy atom. The van der Waals surface area contributed by atoms with Crippen LogP contribution in [0.1, 0.15) is 43.0 Å². The Labute approximate surface area is 157 Å². The number of nitrogens with one attached hydrogen (secondary N) is 1. The molecule has 2 aliphatic heterocycles. The van der Waals surface area contributed by atoms with Crippen molar-refractivity contribution in [3.63, 3.8) is 0 Å². The van der Waals surface area contributed by atoms with Crippen molar-refractivity contribution in [1.82, 2.24) is 10.2 Å². The second-order valence-electron chi connectivity index (χ2n) is 6.79. The molecule has 0 bridgehead atoms. The van der Waals surface area contributed by atoms with E-state index in [4.69, 9.17) is 9.47 Å². The van der Waals surface area contributed by atoms with Crippen LogP contribution in [-0.2, 0) is 9.59 Å². The van der Waals surface area contributed by atoms with Crippen molar-refractivity contribution >= 4 is 17.8 Å². The highest BCUT2D eigenvalue weighted by molar-refractivity contribution is 5.98. The first kappa shape index (κ1) is 19.0. The van der Waals surface area contributed by atoms with Gasteiger partial charge in [-0.3, -0.25) is 14.4 Å². The number of aliphatic carboxylic acids is 1. The summed E-state index contributed by atoms with van der Waals surface area (Å²) in [6, 6.07) is 4.38. The summed E-state index contributed by atoms with van der Waals surface area (Å²) in [5, 5.41) is 11.9. The fourth-order valence-electron chi connectivity index (χ4n) is 3.48. The first-order valence-corrected chi connectivity index (χ1v) is 9.22. The predicted octanol–water partition coefficient (Wildman–Crippen LogP) is 1.64. The number of benzene rings is 1. The number of ether oxygens (including phenoxy) is 2. The van der Waals surface area contributed by atoms with Crippen LogP contribution < -0.4 is 14.8 Å². The third-order valence-corrected chi connectivity index (χ3v) is 4.94. The first-order chi connectivity index (χ1) is 13.0. The average Bonchev–Trinajstić information content (AvgIpc) is 3.32. The molecule has 0 saturated carbocycles. The van der Waals surface area contributed by atoms with Crippen LogP contribution in [0.3, 0.4) is 0 Å². The van der Waals surface area contributed by atoms with Crippen molar-refractivity contribution in [2.75, 3.05) is 19.9 Å². The summed E-state index contributed by atoms with van der Waals surface area (Å²) in [6.45, 7) is 2.60. The molecule has 0 aromatic heterocycles. The molecule has 0 aliphatic carbocycles. The summed E-state index contributed by atoms with van der Waals surface area (Å²) in [7, 11) is 0. The lowest BCUT2D eigenvalue weighted by Gasteiger charge is -2.24. The molecule has 2 heterocycles. The summed E-state index contributed by atoms with van der Waals surface area (Å²) < 4.78 is 10.6. The van der Waals surface area contributed by atoms with E-state index in [9.17, 15) is 19.5 Å². The molecule has 2 atom stereocenters. The van der Waals surface area contributed by atoms with Gasteiger partial charge in [0.15, 0.2) is 11.5 Å². The van der Waals surface area contributed by atoms with Crippen LogP contribution >= 0.6 is 0 Å². The SMILES string of the molecule is CCCC(CNC(=O)C1CCCN1C(=O)c1ccc2c(c1)OCO2)C(=O)O. The van der Waals surface area contributed by atoms with E-state index in [0.717, 1.165) is 12.8 Å². The molecule has 2 amide bonds. The molecule has 0 spiro atoms. The molecule has 2 aliphatic rings. The van der Waals surface area contributed by atoms with E-state index < -0.39 is 17.9 Å². The van der Waals surface area contributed by atoms with E-state index in [2.05, 4.69) is 5.32 Å². The van der Waals surface area contributed by atoms with Gasteiger partial charge in [-0.05, 0) is 37.5 Å². The fraction of sp³-hybridized carbons (Fsp3) is 0.526. The Kier molecular flexibility index (Phi) is 5.83. The number of carboxylic acids is 1. The molecule has 146 valence electrons. The number of rotatable bonds is 7. The predicted molar refractivity (Wildman–Crippen MR) is 95.7 cm³/mol. The Bertz CT molecular complexity index is 735. The molecule has 3 rings (SSSR count). The number of likely N-dealkylation sites (tertiary alicyclic amines) is 1. The van der Waals surface area contributed by atoms with Gasteiger partial charge in [-0.25, -0.2) is 0 Å². The quantitative estimate of drug-likeness (QED) is 0.749. The molecular formula is C19H24N2O6. The van der Waals surface area contributed by atoms with Gasteiger partial charge in [0, 0.05) is 18.7 Å². The van der Waals surface area contributed by atoms with Crippen LogP contribution in [0, 0.1) is 5.92 Å². The van der Waals surface area contributed by atoms with Crippen LogP contribution in [0.25, 0.3) is 0 Å². The molecule has 8 nitrogen and oxygen atoms in total. The van der Waals surface area contributed by atoms with E-state index in [-0.39, 0.29) is 25.2 Å². The van der Waals surface area contributed by atoms with Crippen molar-refractivity contribution in [2.24, 2.45) is 5.92 Å². The zero-order valence-electron chi connectivity index (χ0n) is 15.3. The van der Waals surface area contributed by atoms with Crippen molar-refractivity contribution in [2.45, 2.75) is 38.6 Å². The van der Waals surface area contributed by atoms with Gasteiger partial charge in [0.25, 0.3) is 5.91 Å². The monoisotopic (exact) mass is 376 g/mol. The van der Waals surface area contributed by atoms with Gasteiger partial charge in [0.2, 0.25) is 12.7 Å². The Morgan fingerprint density at radius 2 is 2.07 bits per heavy atom. The summed E-state index contributed by atoms with van der Waals surface area (Å²) in [4.78, 5) is 38.2. The summed E-state index contributed by atoms with van der Waals surface area (Å²) in [5.74, 6) is -0.962. The number of hydrogen-bond donors (Lipinski definition) is 2. The Balaban J connectivity index is 1.64. The van der Waals surface area contributed by atoms with Crippen LogP contribution in [0.4, 0.5) is 0 Å². The van der Waals surface area contributed by atoms with Crippen molar-refractivity contribution in [1.29, 1.82) is 0 Å². The lowest BCUT2D eigenvalue weighted by molar-refractivity contribution is -0.142. The van der Waals surface area contributed by atoms with Gasteiger partial charge in [-0.15, -0.1) is 0 Å². The lowest BCUT2D eigenvalue weighted by Crippen LogP contribution is -2.47. The number of carbonyl (C=O) groups is 3. The second-order valence-corrected chi connectivity index (χ2v) is 6.79.